The van der Waals surface area contributed by atoms with Gasteiger partial charge in [0.15, 0.2) is 0 Å². The summed E-state index contributed by atoms with van der Waals surface area (Å²) >= 11 is 3.36. The zero-order chi connectivity index (χ0) is 22.6. The monoisotopic (exact) mass is 514 g/mol. The van der Waals surface area contributed by atoms with Gasteiger partial charge < -0.3 is 18.9 Å². The second-order valence-corrected chi connectivity index (χ2v) is 7.94. The van der Waals surface area contributed by atoms with Gasteiger partial charge in [-0.1, -0.05) is 15.9 Å². The van der Waals surface area contributed by atoms with E-state index in [2.05, 4.69) is 25.4 Å². The molecule has 2 aliphatic carbocycles. The van der Waals surface area contributed by atoms with Crippen molar-refractivity contribution in [2.75, 3.05) is 0 Å². The van der Waals surface area contributed by atoms with E-state index in [9.17, 15) is 26.3 Å². The first-order valence-electron chi connectivity index (χ1n) is 9.16. The van der Waals surface area contributed by atoms with Gasteiger partial charge in [0.05, 0.1) is 10.9 Å². The van der Waals surface area contributed by atoms with Crippen LogP contribution in [-0.2, 0) is 0 Å². The van der Waals surface area contributed by atoms with Crippen molar-refractivity contribution in [3.05, 3.63) is 48.5 Å². The normalized spacial score (nSPS) is 20.2. The average molecular weight is 515 g/mol. The highest BCUT2D eigenvalue weighted by Crippen LogP contribution is 2.35. The standard InChI is InChI=1S/C10H8BrF3O2.C10H9F3O2/c11-8-5-9(8)15-6-1-3-7(4-2-6)16-10(12,13)14;11-10(12,13)15-9-5-3-8(4-6-9)14-7-1-2-7/h1-4,8-9H,5H2;3-7H,1-2H2. The Labute approximate surface area is 182 Å². The van der Waals surface area contributed by atoms with E-state index in [4.69, 9.17) is 9.47 Å². The van der Waals surface area contributed by atoms with Crippen molar-refractivity contribution >= 4 is 15.9 Å². The third-order valence-electron chi connectivity index (χ3n) is 3.89. The number of hydrogen-bond acceptors (Lipinski definition) is 4. The fourth-order valence-corrected chi connectivity index (χ4v) is 2.73. The van der Waals surface area contributed by atoms with Crippen molar-refractivity contribution in [1.82, 2.24) is 0 Å². The Morgan fingerprint density at radius 2 is 1.00 bits per heavy atom. The summed E-state index contributed by atoms with van der Waals surface area (Å²) in [5.74, 6) is 0.644. The van der Waals surface area contributed by atoms with E-state index in [1.54, 1.807) is 0 Å². The molecule has 0 spiro atoms. The molecule has 2 aromatic carbocycles. The number of rotatable bonds is 6. The highest BCUT2D eigenvalue weighted by molar-refractivity contribution is 9.09. The third kappa shape index (κ3) is 9.16. The maximum absolute atomic E-state index is 11.9. The Bertz CT molecular complexity index is 835. The van der Waals surface area contributed by atoms with E-state index in [-0.39, 0.29) is 23.7 Å². The molecule has 0 saturated heterocycles. The van der Waals surface area contributed by atoms with E-state index in [1.807, 2.05) is 0 Å². The quantitative estimate of drug-likeness (QED) is 0.320. The topological polar surface area (TPSA) is 36.9 Å². The Morgan fingerprint density at radius 3 is 1.32 bits per heavy atom. The zero-order valence-corrected chi connectivity index (χ0v) is 17.3. The molecular formula is C20H17BrF6O4. The van der Waals surface area contributed by atoms with Crippen LogP contribution in [0.1, 0.15) is 19.3 Å². The lowest BCUT2D eigenvalue weighted by atomic mass is 10.3. The lowest BCUT2D eigenvalue weighted by Gasteiger charge is -2.09. The van der Waals surface area contributed by atoms with Gasteiger partial charge in [-0.05, 0) is 61.4 Å². The van der Waals surface area contributed by atoms with Crippen LogP contribution in [0.25, 0.3) is 0 Å². The van der Waals surface area contributed by atoms with Crippen LogP contribution in [0.15, 0.2) is 48.5 Å². The summed E-state index contributed by atoms with van der Waals surface area (Å²) in [7, 11) is 0. The lowest BCUT2D eigenvalue weighted by molar-refractivity contribution is -0.275. The molecule has 2 aliphatic rings. The number of hydrogen-bond donors (Lipinski definition) is 0. The minimum Gasteiger partial charge on any atom is -0.490 e. The van der Waals surface area contributed by atoms with Gasteiger partial charge in [0.1, 0.15) is 29.1 Å². The molecule has 11 heteroatoms. The van der Waals surface area contributed by atoms with Crippen molar-refractivity contribution in [1.29, 1.82) is 0 Å². The van der Waals surface area contributed by atoms with Crippen LogP contribution < -0.4 is 18.9 Å². The number of alkyl halides is 7. The van der Waals surface area contributed by atoms with E-state index in [0.717, 1.165) is 19.3 Å². The fraction of sp³-hybridized carbons (Fsp3) is 0.400. The average Bonchev–Trinajstić information content (AvgIpc) is 3.57. The first-order valence-corrected chi connectivity index (χ1v) is 10.1. The molecular weight excluding hydrogens is 498 g/mol. The molecule has 0 heterocycles. The van der Waals surface area contributed by atoms with Crippen LogP contribution in [0.3, 0.4) is 0 Å². The summed E-state index contributed by atoms with van der Waals surface area (Å²) < 4.78 is 89.3. The highest BCUT2D eigenvalue weighted by atomic mass is 79.9. The molecule has 0 bridgehead atoms. The Balaban J connectivity index is 0.000000176. The minimum atomic E-state index is -4.65. The molecule has 0 radical (unpaired) electrons. The highest BCUT2D eigenvalue weighted by Gasteiger charge is 2.37. The van der Waals surface area contributed by atoms with E-state index in [0.29, 0.717) is 16.3 Å². The van der Waals surface area contributed by atoms with Gasteiger partial charge in [-0.25, -0.2) is 0 Å². The summed E-state index contributed by atoms with van der Waals surface area (Å²) in [5, 5.41) is 0. The molecule has 2 fully saturated rings. The molecule has 4 nitrogen and oxygen atoms in total. The summed E-state index contributed by atoms with van der Waals surface area (Å²) in [6, 6.07) is 10.8. The molecule has 2 saturated carbocycles. The van der Waals surface area contributed by atoms with Gasteiger partial charge in [-0.15, -0.1) is 26.3 Å². The van der Waals surface area contributed by atoms with Crippen LogP contribution >= 0.6 is 15.9 Å². The van der Waals surface area contributed by atoms with Gasteiger partial charge >= 0.3 is 12.7 Å². The maximum atomic E-state index is 11.9. The summed E-state index contributed by atoms with van der Waals surface area (Å²) in [6.45, 7) is 0. The van der Waals surface area contributed by atoms with Crippen LogP contribution in [0.4, 0.5) is 26.3 Å². The van der Waals surface area contributed by atoms with Gasteiger partial charge in [0, 0.05) is 6.42 Å². The Kier molecular flexibility index (Phi) is 7.13. The summed E-state index contributed by atoms with van der Waals surface area (Å²) in [4.78, 5) is 0.346. The van der Waals surface area contributed by atoms with E-state index in [1.165, 1.54) is 48.5 Å². The van der Waals surface area contributed by atoms with Crippen molar-refractivity contribution in [3.8, 4) is 23.0 Å². The van der Waals surface area contributed by atoms with Crippen molar-refractivity contribution in [2.24, 2.45) is 0 Å². The number of halogens is 7. The van der Waals surface area contributed by atoms with Gasteiger partial charge in [-0.2, -0.15) is 0 Å². The predicted octanol–water partition coefficient (Wildman–Crippen LogP) is 6.63. The number of ether oxygens (including phenoxy) is 4. The second-order valence-electron chi connectivity index (χ2n) is 6.76. The molecule has 2 atom stereocenters. The molecule has 0 N–H and O–H groups in total. The first-order chi connectivity index (χ1) is 14.5. The molecule has 170 valence electrons. The van der Waals surface area contributed by atoms with E-state index >= 15 is 0 Å². The van der Waals surface area contributed by atoms with Crippen LogP contribution in [-0.4, -0.2) is 29.8 Å². The molecule has 31 heavy (non-hydrogen) atoms. The Morgan fingerprint density at radius 1 is 0.645 bits per heavy atom. The predicted molar refractivity (Wildman–Crippen MR) is 102 cm³/mol. The zero-order valence-electron chi connectivity index (χ0n) is 15.8. The smallest absolute Gasteiger partial charge is 0.490 e. The molecule has 2 aromatic rings. The van der Waals surface area contributed by atoms with Gasteiger partial charge in [0.2, 0.25) is 0 Å². The number of benzene rings is 2. The van der Waals surface area contributed by atoms with Gasteiger partial charge in [-0.3, -0.25) is 0 Å². The molecule has 0 amide bonds. The van der Waals surface area contributed by atoms with Crippen molar-refractivity contribution in [3.63, 3.8) is 0 Å². The maximum Gasteiger partial charge on any atom is 0.573 e. The van der Waals surface area contributed by atoms with Crippen LogP contribution in [0.5, 0.6) is 23.0 Å². The Hall–Kier alpha value is -2.30. The molecule has 0 aromatic heterocycles. The molecule has 2 unspecified atom stereocenters. The fourth-order valence-electron chi connectivity index (χ4n) is 2.26. The first kappa shape index (κ1) is 23.4. The van der Waals surface area contributed by atoms with Crippen LogP contribution in [0, 0.1) is 0 Å². The summed E-state index contributed by atoms with van der Waals surface area (Å²) in [5.41, 5.74) is 0. The van der Waals surface area contributed by atoms with Crippen LogP contribution in [0.2, 0.25) is 0 Å². The summed E-state index contributed by atoms with van der Waals surface area (Å²) in [6.07, 6.45) is -5.99. The minimum absolute atomic E-state index is 0.120. The SMILES string of the molecule is FC(F)(F)Oc1ccc(OC2CC2)cc1.FC(F)(F)Oc1ccc(OC2CC2Br)cc1. The van der Waals surface area contributed by atoms with Crippen molar-refractivity contribution in [2.45, 2.75) is 49.0 Å². The lowest BCUT2D eigenvalue weighted by Crippen LogP contribution is -2.17. The van der Waals surface area contributed by atoms with Gasteiger partial charge in [0.25, 0.3) is 0 Å². The van der Waals surface area contributed by atoms with Crippen molar-refractivity contribution < 1.29 is 45.3 Å². The van der Waals surface area contributed by atoms with E-state index < -0.39 is 12.7 Å². The molecule has 0 aliphatic heterocycles. The second kappa shape index (κ2) is 9.46. The molecule has 4 rings (SSSR count). The largest absolute Gasteiger partial charge is 0.573 e. The third-order valence-corrected chi connectivity index (χ3v) is 4.85.